The molecular formula is C18H19ClN2O5. The van der Waals surface area contributed by atoms with Gasteiger partial charge < -0.3 is 19.5 Å². The molecule has 0 unspecified atom stereocenters. The fourth-order valence-electron chi connectivity index (χ4n) is 2.04. The zero-order chi connectivity index (χ0) is 18.9. The predicted octanol–water partition coefficient (Wildman–Crippen LogP) is 3.33. The molecule has 0 radical (unpaired) electrons. The number of carbonyl (C=O) groups is 2. The van der Waals surface area contributed by atoms with Crippen LogP contribution in [0.4, 0.5) is 5.69 Å². The summed E-state index contributed by atoms with van der Waals surface area (Å²) in [6.45, 7) is 4.26. The van der Waals surface area contributed by atoms with Gasteiger partial charge in [0.2, 0.25) is 0 Å². The van der Waals surface area contributed by atoms with Crippen molar-refractivity contribution in [3.05, 3.63) is 47.2 Å². The van der Waals surface area contributed by atoms with Crippen LogP contribution in [0.2, 0.25) is 5.15 Å². The number of carbonyl (C=O) groups excluding carboxylic acids is 2. The summed E-state index contributed by atoms with van der Waals surface area (Å²) in [4.78, 5) is 27.6. The molecule has 0 spiro atoms. The second kappa shape index (κ2) is 9.62. The molecule has 1 aromatic heterocycles. The Morgan fingerprint density at radius 3 is 2.46 bits per heavy atom. The van der Waals surface area contributed by atoms with E-state index in [1.54, 1.807) is 18.2 Å². The maximum absolute atomic E-state index is 12.0. The smallest absolute Gasteiger partial charge is 0.340 e. The molecule has 8 heteroatoms. The number of nitrogens with zero attached hydrogens (tertiary/aromatic N) is 1. The van der Waals surface area contributed by atoms with Gasteiger partial charge in [-0.25, -0.2) is 9.78 Å². The first-order valence-electron chi connectivity index (χ1n) is 8.01. The molecular weight excluding hydrogens is 360 g/mol. The third kappa shape index (κ3) is 5.63. The van der Waals surface area contributed by atoms with Crippen molar-refractivity contribution in [2.75, 3.05) is 25.1 Å². The standard InChI is InChI=1S/C18H19ClN2O5/c1-3-24-14-7-6-13(9-15(14)25-4-2)21-17(22)11-26-18(23)12-5-8-16(19)20-10-12/h5-10H,3-4,11H2,1-2H3,(H,21,22). The first-order valence-corrected chi connectivity index (χ1v) is 8.39. The molecule has 1 N–H and O–H groups in total. The number of aromatic nitrogens is 1. The Kier molecular flexibility index (Phi) is 7.23. The van der Waals surface area contributed by atoms with Gasteiger partial charge in [-0.05, 0) is 38.1 Å². The zero-order valence-corrected chi connectivity index (χ0v) is 15.2. The number of benzene rings is 1. The number of esters is 1. The van der Waals surface area contributed by atoms with E-state index < -0.39 is 18.5 Å². The summed E-state index contributed by atoms with van der Waals surface area (Å²) in [5.74, 6) is -0.0247. The first kappa shape index (κ1) is 19.5. The van der Waals surface area contributed by atoms with Crippen LogP contribution in [0, 0.1) is 0 Å². The molecule has 0 saturated carbocycles. The minimum Gasteiger partial charge on any atom is -0.490 e. The van der Waals surface area contributed by atoms with Gasteiger partial charge in [0.25, 0.3) is 5.91 Å². The van der Waals surface area contributed by atoms with Gasteiger partial charge in [-0.2, -0.15) is 0 Å². The van der Waals surface area contributed by atoms with Gasteiger partial charge in [-0.3, -0.25) is 4.79 Å². The van der Waals surface area contributed by atoms with Crippen molar-refractivity contribution in [2.45, 2.75) is 13.8 Å². The van der Waals surface area contributed by atoms with Gasteiger partial charge in [-0.1, -0.05) is 11.6 Å². The second-order valence-electron chi connectivity index (χ2n) is 5.02. The average Bonchev–Trinajstić information content (AvgIpc) is 2.63. The van der Waals surface area contributed by atoms with Crippen molar-refractivity contribution in [2.24, 2.45) is 0 Å². The number of ether oxygens (including phenoxy) is 3. The number of pyridine rings is 1. The van der Waals surface area contributed by atoms with E-state index in [1.165, 1.54) is 18.3 Å². The van der Waals surface area contributed by atoms with E-state index in [0.717, 1.165) is 0 Å². The van der Waals surface area contributed by atoms with Gasteiger partial charge in [0.05, 0.1) is 18.8 Å². The van der Waals surface area contributed by atoms with E-state index in [2.05, 4.69) is 10.3 Å². The molecule has 26 heavy (non-hydrogen) atoms. The van der Waals surface area contributed by atoms with E-state index in [0.29, 0.717) is 30.4 Å². The number of hydrogen-bond donors (Lipinski definition) is 1. The normalized spacial score (nSPS) is 10.1. The molecule has 7 nitrogen and oxygen atoms in total. The summed E-state index contributed by atoms with van der Waals surface area (Å²) >= 11 is 5.65. The van der Waals surface area contributed by atoms with Crippen molar-refractivity contribution in [3.8, 4) is 11.5 Å². The van der Waals surface area contributed by atoms with Crippen LogP contribution < -0.4 is 14.8 Å². The van der Waals surface area contributed by atoms with Gasteiger partial charge in [-0.15, -0.1) is 0 Å². The Bertz CT molecular complexity index is 765. The minimum atomic E-state index is -0.661. The number of anilines is 1. The summed E-state index contributed by atoms with van der Waals surface area (Å²) in [5, 5.41) is 2.90. The minimum absolute atomic E-state index is 0.210. The molecule has 0 aliphatic carbocycles. The van der Waals surface area contributed by atoms with E-state index in [4.69, 9.17) is 25.8 Å². The molecule has 0 fully saturated rings. The predicted molar refractivity (Wildman–Crippen MR) is 96.9 cm³/mol. The van der Waals surface area contributed by atoms with Crippen molar-refractivity contribution < 1.29 is 23.8 Å². The van der Waals surface area contributed by atoms with Crippen LogP contribution in [0.3, 0.4) is 0 Å². The Morgan fingerprint density at radius 2 is 1.81 bits per heavy atom. The van der Waals surface area contributed by atoms with Gasteiger partial charge >= 0.3 is 5.97 Å². The molecule has 0 saturated heterocycles. The Morgan fingerprint density at radius 1 is 1.08 bits per heavy atom. The lowest BCUT2D eigenvalue weighted by molar-refractivity contribution is -0.119. The molecule has 0 bridgehead atoms. The molecule has 138 valence electrons. The Balaban J connectivity index is 1.93. The fraction of sp³-hybridized carbons (Fsp3) is 0.278. The molecule has 2 aromatic rings. The third-order valence-corrected chi connectivity index (χ3v) is 3.35. The topological polar surface area (TPSA) is 86.8 Å². The number of rotatable bonds is 8. The monoisotopic (exact) mass is 378 g/mol. The highest BCUT2D eigenvalue weighted by Gasteiger charge is 2.12. The number of halogens is 1. The van der Waals surface area contributed by atoms with E-state index in [9.17, 15) is 9.59 Å². The van der Waals surface area contributed by atoms with Crippen molar-refractivity contribution in [3.63, 3.8) is 0 Å². The molecule has 0 aliphatic rings. The Labute approximate surface area is 156 Å². The highest BCUT2D eigenvalue weighted by atomic mass is 35.5. The summed E-state index contributed by atoms with van der Waals surface area (Å²) in [6.07, 6.45) is 1.28. The maximum Gasteiger partial charge on any atom is 0.340 e. The van der Waals surface area contributed by atoms with E-state index >= 15 is 0 Å². The summed E-state index contributed by atoms with van der Waals surface area (Å²) < 4.78 is 15.9. The van der Waals surface area contributed by atoms with Crippen molar-refractivity contribution in [1.29, 1.82) is 0 Å². The molecule has 2 rings (SSSR count). The largest absolute Gasteiger partial charge is 0.490 e. The van der Waals surface area contributed by atoms with Gasteiger partial charge in [0.1, 0.15) is 5.15 Å². The molecule has 0 atom stereocenters. The molecule has 1 heterocycles. The van der Waals surface area contributed by atoms with Crippen LogP contribution in [0.15, 0.2) is 36.5 Å². The second-order valence-corrected chi connectivity index (χ2v) is 5.41. The average molecular weight is 379 g/mol. The lowest BCUT2D eigenvalue weighted by Crippen LogP contribution is -2.21. The fourth-order valence-corrected chi connectivity index (χ4v) is 2.15. The zero-order valence-electron chi connectivity index (χ0n) is 14.5. The third-order valence-electron chi connectivity index (χ3n) is 3.12. The van der Waals surface area contributed by atoms with Gasteiger partial charge in [0.15, 0.2) is 18.1 Å². The van der Waals surface area contributed by atoms with Crippen LogP contribution in [-0.4, -0.2) is 36.7 Å². The van der Waals surface area contributed by atoms with E-state index in [-0.39, 0.29) is 10.7 Å². The highest BCUT2D eigenvalue weighted by Crippen LogP contribution is 2.30. The van der Waals surface area contributed by atoms with Gasteiger partial charge in [0, 0.05) is 18.0 Å². The number of hydrogen-bond acceptors (Lipinski definition) is 6. The Hall–Kier alpha value is -2.80. The first-order chi connectivity index (χ1) is 12.5. The van der Waals surface area contributed by atoms with Crippen molar-refractivity contribution in [1.82, 2.24) is 4.98 Å². The lowest BCUT2D eigenvalue weighted by Gasteiger charge is -2.13. The van der Waals surface area contributed by atoms with Crippen LogP contribution in [0.25, 0.3) is 0 Å². The molecule has 0 aliphatic heterocycles. The number of nitrogens with one attached hydrogen (secondary N) is 1. The molecule has 1 amide bonds. The number of amides is 1. The van der Waals surface area contributed by atoms with Crippen LogP contribution in [0.5, 0.6) is 11.5 Å². The SMILES string of the molecule is CCOc1ccc(NC(=O)COC(=O)c2ccc(Cl)nc2)cc1OCC. The summed E-state index contributed by atoms with van der Waals surface area (Å²) in [7, 11) is 0. The van der Waals surface area contributed by atoms with E-state index in [1.807, 2.05) is 13.8 Å². The van der Waals surface area contributed by atoms with Crippen LogP contribution >= 0.6 is 11.6 Å². The van der Waals surface area contributed by atoms with Crippen LogP contribution in [-0.2, 0) is 9.53 Å². The summed E-state index contributed by atoms with van der Waals surface area (Å²) in [6, 6.07) is 7.97. The van der Waals surface area contributed by atoms with Crippen molar-refractivity contribution >= 4 is 29.2 Å². The lowest BCUT2D eigenvalue weighted by atomic mass is 10.2. The quantitative estimate of drug-likeness (QED) is 0.560. The molecule has 1 aromatic carbocycles. The maximum atomic E-state index is 12.0. The highest BCUT2D eigenvalue weighted by molar-refractivity contribution is 6.29. The summed E-state index contributed by atoms with van der Waals surface area (Å²) in [5.41, 5.74) is 0.716. The van der Waals surface area contributed by atoms with Crippen LogP contribution in [0.1, 0.15) is 24.2 Å².